The Labute approximate surface area is 223 Å². The fourth-order valence-corrected chi connectivity index (χ4v) is 4.48. The first-order valence-corrected chi connectivity index (χ1v) is 15.1. The van der Waals surface area contributed by atoms with Gasteiger partial charge in [0.15, 0.2) is 0 Å². The lowest BCUT2D eigenvalue weighted by atomic mass is 10.1. The number of nitrogens with one attached hydrogen (secondary N) is 1. The number of carbonyl (C=O) groups excluding carboxylic acids is 3. The molecule has 1 saturated heterocycles. The fourth-order valence-electron chi connectivity index (χ4n) is 3.86. The first kappa shape index (κ1) is 32.2. The van der Waals surface area contributed by atoms with Crippen LogP contribution in [-0.4, -0.2) is 49.0 Å². The highest BCUT2D eigenvalue weighted by atomic mass is 32.2. The number of anilines is 1. The van der Waals surface area contributed by atoms with Crippen molar-refractivity contribution in [3.8, 4) is 0 Å². The Hall–Kier alpha value is -1.86. The number of ether oxygens (including phenoxy) is 1. The van der Waals surface area contributed by atoms with Gasteiger partial charge in [0, 0.05) is 26.0 Å². The first-order chi connectivity index (χ1) is 17.5. The van der Waals surface area contributed by atoms with Crippen molar-refractivity contribution in [3.63, 3.8) is 0 Å². The molecule has 1 atom stereocenters. The van der Waals surface area contributed by atoms with E-state index in [4.69, 9.17) is 4.74 Å². The van der Waals surface area contributed by atoms with Gasteiger partial charge in [0.2, 0.25) is 17.7 Å². The minimum Gasteiger partial charge on any atom is -0.380 e. The molecule has 1 unspecified atom stereocenters. The molecule has 0 aromatic heterocycles. The van der Waals surface area contributed by atoms with Crippen molar-refractivity contribution < 1.29 is 19.1 Å². The summed E-state index contributed by atoms with van der Waals surface area (Å²) in [4.78, 5) is 37.4. The predicted molar refractivity (Wildman–Crippen MR) is 152 cm³/mol. The number of nitrogens with zero attached hydrogens (tertiary/aromatic N) is 1. The topological polar surface area (TPSA) is 75.7 Å². The first-order valence-electron chi connectivity index (χ1n) is 13.8. The number of unbranched alkanes of at least 4 members (excludes halogenated alkanes) is 7. The van der Waals surface area contributed by atoms with E-state index >= 15 is 0 Å². The maximum Gasteiger partial charge on any atom is 0.247 e. The number of benzene rings is 1. The summed E-state index contributed by atoms with van der Waals surface area (Å²) in [5, 5.41) is 2.56. The molecule has 0 bridgehead atoms. The Kier molecular flexibility index (Phi) is 18.1. The third-order valence-corrected chi connectivity index (χ3v) is 7.08. The molecule has 7 heteroatoms. The molecular formula is C29H48N2O4S. The molecular weight excluding hydrogens is 472 g/mol. The van der Waals surface area contributed by atoms with Gasteiger partial charge in [-0.2, -0.15) is 11.8 Å². The summed E-state index contributed by atoms with van der Waals surface area (Å²) >= 11 is 1.40. The van der Waals surface area contributed by atoms with Crippen LogP contribution in [-0.2, 0) is 25.5 Å². The van der Waals surface area contributed by atoms with Gasteiger partial charge in [-0.3, -0.25) is 14.4 Å². The molecule has 6 nitrogen and oxygen atoms in total. The van der Waals surface area contributed by atoms with Gasteiger partial charge in [-0.15, -0.1) is 0 Å². The van der Waals surface area contributed by atoms with Gasteiger partial charge in [-0.1, -0.05) is 84.3 Å². The third kappa shape index (κ3) is 12.9. The monoisotopic (exact) mass is 520 g/mol. The molecule has 0 saturated carbocycles. The lowest BCUT2D eigenvalue weighted by Gasteiger charge is -2.15. The largest absolute Gasteiger partial charge is 0.380 e. The summed E-state index contributed by atoms with van der Waals surface area (Å²) in [6, 6.07) is 7.27. The standard InChI is InChI=1S/C20H28N2O4S.C9H20/c1-3-4-12-26-13-11-21-18(23)10-7-15-5-8-16(9-6-15)22-19(24)14-17(27-2)20(22)25;1-3-5-7-9-8-6-4-2/h5-6,8-9,17H,3-4,7,10-14H2,1-2H3,(H,21,23);3-9H2,1-2H3. The minimum absolute atomic E-state index is 0.00845. The van der Waals surface area contributed by atoms with Crippen LogP contribution in [0.1, 0.15) is 97.0 Å². The second-order valence-corrected chi connectivity index (χ2v) is 10.3. The smallest absolute Gasteiger partial charge is 0.247 e. The maximum absolute atomic E-state index is 12.3. The van der Waals surface area contributed by atoms with Gasteiger partial charge < -0.3 is 10.1 Å². The number of aryl methyl sites for hydroxylation is 1. The number of rotatable bonds is 17. The van der Waals surface area contributed by atoms with Crippen molar-refractivity contribution in [2.45, 2.75) is 103 Å². The van der Waals surface area contributed by atoms with Crippen molar-refractivity contribution in [1.29, 1.82) is 0 Å². The van der Waals surface area contributed by atoms with Crippen LogP contribution in [0, 0.1) is 0 Å². The lowest BCUT2D eigenvalue weighted by molar-refractivity contribution is -0.122. The highest BCUT2D eigenvalue weighted by Crippen LogP contribution is 2.28. The lowest BCUT2D eigenvalue weighted by Crippen LogP contribution is -2.31. The highest BCUT2D eigenvalue weighted by Gasteiger charge is 2.38. The summed E-state index contributed by atoms with van der Waals surface area (Å²) in [6.45, 7) is 8.43. The molecule has 1 N–H and O–H groups in total. The molecule has 204 valence electrons. The quantitative estimate of drug-likeness (QED) is 0.193. The summed E-state index contributed by atoms with van der Waals surface area (Å²) in [5.41, 5.74) is 1.59. The summed E-state index contributed by atoms with van der Waals surface area (Å²) in [5.74, 6) is -0.320. The predicted octanol–water partition coefficient (Wildman–Crippen LogP) is 6.30. The number of thioether (sulfide) groups is 1. The fraction of sp³-hybridized carbons (Fsp3) is 0.690. The zero-order valence-electron chi connectivity index (χ0n) is 23.0. The number of hydrogen-bond donors (Lipinski definition) is 1. The van der Waals surface area contributed by atoms with Gasteiger partial charge in [-0.25, -0.2) is 4.90 Å². The summed E-state index contributed by atoms with van der Waals surface area (Å²) < 4.78 is 5.41. The molecule has 1 aliphatic rings. The average Bonchev–Trinajstić information content (AvgIpc) is 3.18. The minimum atomic E-state index is -0.285. The molecule has 36 heavy (non-hydrogen) atoms. The van der Waals surface area contributed by atoms with Crippen LogP contribution >= 0.6 is 11.8 Å². The summed E-state index contributed by atoms with van der Waals surface area (Å²) in [6.07, 6.45) is 15.2. The van der Waals surface area contributed by atoms with Crippen LogP contribution in [0.15, 0.2) is 24.3 Å². The number of hydrogen-bond acceptors (Lipinski definition) is 5. The summed E-state index contributed by atoms with van der Waals surface area (Å²) in [7, 11) is 0. The maximum atomic E-state index is 12.3. The van der Waals surface area contributed by atoms with Crippen LogP contribution in [0.4, 0.5) is 5.69 Å². The molecule has 0 spiro atoms. The van der Waals surface area contributed by atoms with Crippen molar-refractivity contribution in [3.05, 3.63) is 29.8 Å². The number of amides is 3. The second-order valence-electron chi connectivity index (χ2n) is 9.25. The van der Waals surface area contributed by atoms with Gasteiger partial charge in [-0.05, 0) is 36.8 Å². The van der Waals surface area contributed by atoms with E-state index in [1.165, 1.54) is 61.6 Å². The van der Waals surface area contributed by atoms with E-state index in [1.807, 2.05) is 18.4 Å². The van der Waals surface area contributed by atoms with Crippen molar-refractivity contribution in [1.82, 2.24) is 5.32 Å². The molecule has 0 aliphatic carbocycles. The Balaban J connectivity index is 0.000000613. The highest BCUT2D eigenvalue weighted by molar-refractivity contribution is 8.00. The Morgan fingerprint density at radius 3 is 2.11 bits per heavy atom. The number of imide groups is 1. The van der Waals surface area contributed by atoms with Gasteiger partial charge in [0.1, 0.15) is 0 Å². The van der Waals surface area contributed by atoms with Crippen LogP contribution < -0.4 is 10.2 Å². The van der Waals surface area contributed by atoms with Gasteiger partial charge in [0.05, 0.1) is 17.5 Å². The van der Waals surface area contributed by atoms with Crippen molar-refractivity contribution in [2.24, 2.45) is 0 Å². The zero-order chi connectivity index (χ0) is 26.6. The van der Waals surface area contributed by atoms with E-state index in [0.717, 1.165) is 25.0 Å². The molecule has 2 rings (SSSR count). The molecule has 3 amide bonds. The van der Waals surface area contributed by atoms with E-state index in [9.17, 15) is 14.4 Å². The SMILES string of the molecule is CCCCCCCCC.CCCCOCCNC(=O)CCc1ccc(N2C(=O)CC(SC)C2=O)cc1. The normalized spacial score (nSPS) is 15.1. The Bertz CT molecular complexity index is 748. The molecule has 1 fully saturated rings. The Morgan fingerprint density at radius 1 is 0.944 bits per heavy atom. The van der Waals surface area contributed by atoms with Crippen molar-refractivity contribution >= 4 is 35.2 Å². The van der Waals surface area contributed by atoms with Crippen LogP contribution in [0.25, 0.3) is 0 Å². The molecule has 0 radical (unpaired) electrons. The van der Waals surface area contributed by atoms with Crippen LogP contribution in [0.2, 0.25) is 0 Å². The van der Waals surface area contributed by atoms with Crippen molar-refractivity contribution in [2.75, 3.05) is 30.9 Å². The zero-order valence-corrected chi connectivity index (χ0v) is 23.8. The van der Waals surface area contributed by atoms with Crippen LogP contribution in [0.5, 0.6) is 0 Å². The van der Waals surface area contributed by atoms with Crippen LogP contribution in [0.3, 0.4) is 0 Å². The van der Waals surface area contributed by atoms with E-state index in [-0.39, 0.29) is 29.4 Å². The second kappa shape index (κ2) is 20.2. The van der Waals surface area contributed by atoms with Gasteiger partial charge >= 0.3 is 0 Å². The molecule has 1 heterocycles. The van der Waals surface area contributed by atoms with Gasteiger partial charge in [0.25, 0.3) is 0 Å². The van der Waals surface area contributed by atoms with E-state index < -0.39 is 0 Å². The molecule has 1 aromatic carbocycles. The van der Waals surface area contributed by atoms with E-state index in [1.54, 1.807) is 12.1 Å². The molecule has 1 aliphatic heterocycles. The third-order valence-electron chi connectivity index (χ3n) is 6.14. The number of carbonyl (C=O) groups is 3. The van der Waals surface area contributed by atoms with E-state index in [0.29, 0.717) is 31.7 Å². The van der Waals surface area contributed by atoms with E-state index in [2.05, 4.69) is 26.1 Å². The average molecular weight is 521 g/mol. The Morgan fingerprint density at radius 2 is 1.56 bits per heavy atom. The molecule has 1 aromatic rings.